The number of halogens is 1. The molecule has 3 aromatic rings. The Bertz CT molecular complexity index is 1100. The van der Waals surface area contributed by atoms with Gasteiger partial charge in [-0.25, -0.2) is 4.98 Å². The predicted molar refractivity (Wildman–Crippen MR) is 113 cm³/mol. The van der Waals surface area contributed by atoms with Crippen LogP contribution in [0.3, 0.4) is 0 Å². The number of carbonyl (C=O) groups excluding carboxylic acids is 1. The lowest BCUT2D eigenvalue weighted by atomic mass is 10.0. The molecule has 0 bridgehead atoms. The Labute approximate surface area is 174 Å². The standard InChI is InChI=1S/C21H22N4O3.ClH/c1-14-7-8-19-23-11-16(21(27)25(19)13-14)20(26)24-10-9-22-12-17(24)15-5-3-4-6-18(15)28-2;/h3-8,11,13,17,22H,9-10,12H2,1-2H3;1H. The van der Waals surface area contributed by atoms with Crippen LogP contribution in [0.1, 0.15) is 27.5 Å². The summed E-state index contributed by atoms with van der Waals surface area (Å²) in [6.07, 6.45) is 3.09. The average Bonchev–Trinajstić information content (AvgIpc) is 2.74. The Balaban J connectivity index is 0.00000240. The molecule has 8 heteroatoms. The molecule has 1 N–H and O–H groups in total. The van der Waals surface area contributed by atoms with E-state index >= 15 is 0 Å². The van der Waals surface area contributed by atoms with E-state index in [-0.39, 0.29) is 35.5 Å². The van der Waals surface area contributed by atoms with E-state index in [1.54, 1.807) is 24.3 Å². The minimum Gasteiger partial charge on any atom is -0.496 e. The minimum atomic E-state index is -0.351. The molecule has 0 aliphatic carbocycles. The Morgan fingerprint density at radius 3 is 2.83 bits per heavy atom. The number of aromatic nitrogens is 2. The van der Waals surface area contributed by atoms with Gasteiger partial charge >= 0.3 is 0 Å². The van der Waals surface area contributed by atoms with Gasteiger partial charge in [0.25, 0.3) is 11.5 Å². The lowest BCUT2D eigenvalue weighted by Gasteiger charge is -2.37. The molecule has 3 heterocycles. The van der Waals surface area contributed by atoms with Crippen LogP contribution in [0.2, 0.25) is 0 Å². The fraction of sp³-hybridized carbons (Fsp3) is 0.286. The first-order valence-corrected chi connectivity index (χ1v) is 9.23. The number of nitrogens with zero attached hydrogens (tertiary/aromatic N) is 3. The van der Waals surface area contributed by atoms with Crippen LogP contribution in [0, 0.1) is 6.92 Å². The van der Waals surface area contributed by atoms with Crippen molar-refractivity contribution in [3.8, 4) is 5.75 Å². The number of fused-ring (bicyclic) bond motifs is 1. The maximum atomic E-state index is 13.3. The van der Waals surface area contributed by atoms with Crippen LogP contribution < -0.4 is 15.6 Å². The Kier molecular flexibility index (Phi) is 6.20. The zero-order valence-corrected chi connectivity index (χ0v) is 17.1. The van der Waals surface area contributed by atoms with Gasteiger partial charge in [-0.15, -0.1) is 12.4 Å². The minimum absolute atomic E-state index is 0. The fourth-order valence-electron chi connectivity index (χ4n) is 3.65. The molecule has 29 heavy (non-hydrogen) atoms. The van der Waals surface area contributed by atoms with Gasteiger partial charge in [-0.3, -0.25) is 14.0 Å². The van der Waals surface area contributed by atoms with Crippen molar-refractivity contribution in [2.75, 3.05) is 26.7 Å². The molecule has 2 aromatic heterocycles. The molecule has 1 saturated heterocycles. The SMILES string of the molecule is COc1ccccc1C1CNCCN1C(=O)c1cnc2ccc(C)cn2c1=O.Cl. The summed E-state index contributed by atoms with van der Waals surface area (Å²) in [7, 11) is 1.61. The summed E-state index contributed by atoms with van der Waals surface area (Å²) in [6, 6.07) is 11.1. The lowest BCUT2D eigenvalue weighted by molar-refractivity contribution is 0.0629. The number of amides is 1. The molecule has 1 aliphatic rings. The number of rotatable bonds is 3. The molecule has 7 nitrogen and oxygen atoms in total. The predicted octanol–water partition coefficient (Wildman–Crippen LogP) is 2.22. The molecule has 4 rings (SSSR count). The number of piperazine rings is 1. The van der Waals surface area contributed by atoms with Crippen molar-refractivity contribution in [2.45, 2.75) is 13.0 Å². The van der Waals surface area contributed by atoms with Crippen molar-refractivity contribution in [2.24, 2.45) is 0 Å². The highest BCUT2D eigenvalue weighted by atomic mass is 35.5. The molecule has 1 aromatic carbocycles. The van der Waals surface area contributed by atoms with E-state index in [0.29, 0.717) is 25.3 Å². The van der Waals surface area contributed by atoms with Gasteiger partial charge < -0.3 is 15.0 Å². The summed E-state index contributed by atoms with van der Waals surface area (Å²) >= 11 is 0. The number of para-hydroxylation sites is 1. The summed E-state index contributed by atoms with van der Waals surface area (Å²) in [6.45, 7) is 3.65. The zero-order chi connectivity index (χ0) is 19.7. The summed E-state index contributed by atoms with van der Waals surface area (Å²) in [4.78, 5) is 32.3. The second kappa shape index (κ2) is 8.63. The highest BCUT2D eigenvalue weighted by Gasteiger charge is 2.32. The van der Waals surface area contributed by atoms with Crippen LogP contribution in [0.15, 0.2) is 53.6 Å². The number of hydrogen-bond donors (Lipinski definition) is 1. The van der Waals surface area contributed by atoms with Crippen LogP contribution in [-0.4, -0.2) is 46.9 Å². The summed E-state index contributed by atoms with van der Waals surface area (Å²) < 4.78 is 6.92. The van der Waals surface area contributed by atoms with Gasteiger partial charge in [0.1, 0.15) is 17.0 Å². The molecule has 0 radical (unpaired) electrons. The highest BCUT2D eigenvalue weighted by molar-refractivity contribution is 5.94. The summed E-state index contributed by atoms with van der Waals surface area (Å²) in [5, 5.41) is 3.32. The van der Waals surface area contributed by atoms with Crippen LogP contribution in [-0.2, 0) is 0 Å². The topological polar surface area (TPSA) is 75.9 Å². The first-order chi connectivity index (χ1) is 13.6. The van der Waals surface area contributed by atoms with Gasteiger partial charge in [-0.2, -0.15) is 0 Å². The van der Waals surface area contributed by atoms with E-state index < -0.39 is 0 Å². The third-order valence-corrected chi connectivity index (χ3v) is 5.08. The van der Waals surface area contributed by atoms with Gasteiger partial charge in [0.15, 0.2) is 0 Å². The van der Waals surface area contributed by atoms with Gasteiger partial charge in [0.05, 0.1) is 13.2 Å². The normalized spacial score (nSPS) is 16.3. The number of hydrogen-bond acceptors (Lipinski definition) is 5. The summed E-state index contributed by atoms with van der Waals surface area (Å²) in [5.74, 6) is 0.406. The number of pyridine rings is 1. The van der Waals surface area contributed by atoms with E-state index in [9.17, 15) is 9.59 Å². The van der Waals surface area contributed by atoms with Gasteiger partial charge in [-0.1, -0.05) is 24.3 Å². The molecule has 1 atom stereocenters. The lowest BCUT2D eigenvalue weighted by Crippen LogP contribution is -2.49. The second-order valence-corrected chi connectivity index (χ2v) is 6.87. The van der Waals surface area contributed by atoms with Crippen LogP contribution >= 0.6 is 12.4 Å². The van der Waals surface area contributed by atoms with E-state index in [2.05, 4.69) is 10.3 Å². The number of methoxy groups -OCH3 is 1. The molecular formula is C21H23ClN4O3. The average molecular weight is 415 g/mol. The van der Waals surface area contributed by atoms with Crippen molar-refractivity contribution < 1.29 is 9.53 Å². The number of nitrogens with one attached hydrogen (secondary N) is 1. The summed E-state index contributed by atoms with van der Waals surface area (Å²) in [5.41, 5.74) is 2.08. The van der Waals surface area contributed by atoms with Crippen LogP contribution in [0.5, 0.6) is 5.75 Å². The number of benzene rings is 1. The molecule has 1 aliphatic heterocycles. The first kappa shape index (κ1) is 20.8. The van der Waals surface area contributed by atoms with Crippen molar-refractivity contribution in [3.63, 3.8) is 0 Å². The molecular weight excluding hydrogens is 392 g/mol. The van der Waals surface area contributed by atoms with Gasteiger partial charge in [-0.05, 0) is 24.6 Å². The number of aryl methyl sites for hydroxylation is 1. The van der Waals surface area contributed by atoms with Crippen LogP contribution in [0.4, 0.5) is 0 Å². The van der Waals surface area contributed by atoms with E-state index in [1.165, 1.54) is 10.6 Å². The van der Waals surface area contributed by atoms with Crippen molar-refractivity contribution in [3.05, 3.63) is 75.8 Å². The smallest absolute Gasteiger partial charge is 0.270 e. The van der Waals surface area contributed by atoms with Crippen molar-refractivity contribution in [1.29, 1.82) is 0 Å². The van der Waals surface area contributed by atoms with E-state index in [1.807, 2.05) is 37.3 Å². The highest BCUT2D eigenvalue weighted by Crippen LogP contribution is 2.30. The Hall–Kier alpha value is -2.90. The monoisotopic (exact) mass is 414 g/mol. The van der Waals surface area contributed by atoms with Crippen molar-refractivity contribution in [1.82, 2.24) is 19.6 Å². The van der Waals surface area contributed by atoms with E-state index in [0.717, 1.165) is 16.9 Å². The maximum Gasteiger partial charge on any atom is 0.270 e. The van der Waals surface area contributed by atoms with Crippen molar-refractivity contribution >= 4 is 24.0 Å². The first-order valence-electron chi connectivity index (χ1n) is 9.23. The molecule has 152 valence electrons. The quantitative estimate of drug-likeness (QED) is 0.711. The van der Waals surface area contributed by atoms with Gasteiger partial charge in [0, 0.05) is 37.6 Å². The third kappa shape index (κ3) is 3.83. The molecule has 1 fully saturated rings. The molecule has 1 amide bonds. The number of ether oxygens (including phenoxy) is 1. The maximum absolute atomic E-state index is 13.3. The Morgan fingerprint density at radius 2 is 2.03 bits per heavy atom. The zero-order valence-electron chi connectivity index (χ0n) is 16.3. The van der Waals surface area contributed by atoms with E-state index in [4.69, 9.17) is 4.74 Å². The van der Waals surface area contributed by atoms with Gasteiger partial charge in [0.2, 0.25) is 0 Å². The Morgan fingerprint density at radius 1 is 1.24 bits per heavy atom. The second-order valence-electron chi connectivity index (χ2n) is 6.87. The molecule has 0 saturated carbocycles. The third-order valence-electron chi connectivity index (χ3n) is 5.08. The number of carbonyl (C=O) groups is 1. The largest absolute Gasteiger partial charge is 0.496 e. The molecule has 1 unspecified atom stereocenters. The fourth-order valence-corrected chi connectivity index (χ4v) is 3.65. The molecule has 0 spiro atoms. The van der Waals surface area contributed by atoms with Crippen LogP contribution in [0.25, 0.3) is 5.65 Å².